The Kier molecular flexibility index (Phi) is 2.66. The van der Waals surface area contributed by atoms with Crippen LogP contribution in [0.1, 0.15) is 45.4 Å². The number of hydrogen-bond donors (Lipinski definition) is 1. The van der Waals surface area contributed by atoms with Gasteiger partial charge in [0.05, 0.1) is 0 Å². The fraction of sp³-hybridized carbons (Fsp3) is 0.667. The summed E-state index contributed by atoms with van der Waals surface area (Å²) < 4.78 is 0. The second-order valence-electron chi connectivity index (χ2n) is 7.70. The quantitative estimate of drug-likeness (QED) is 0.744. The van der Waals surface area contributed by atoms with Gasteiger partial charge in [-0.25, -0.2) is 0 Å². The van der Waals surface area contributed by atoms with Gasteiger partial charge in [-0.05, 0) is 60.8 Å². The third-order valence-corrected chi connectivity index (χ3v) is 6.69. The molecule has 3 saturated carbocycles. The maximum absolute atomic E-state index is 12.7. The van der Waals surface area contributed by atoms with Crippen LogP contribution in [-0.4, -0.2) is 22.3 Å². The van der Waals surface area contributed by atoms with Crippen LogP contribution >= 0.6 is 0 Å². The van der Waals surface area contributed by atoms with E-state index in [0.29, 0.717) is 11.5 Å². The molecule has 4 aliphatic carbocycles. The minimum absolute atomic E-state index is 0.0220. The van der Waals surface area contributed by atoms with Crippen molar-refractivity contribution in [2.24, 2.45) is 23.2 Å². The highest BCUT2D eigenvalue weighted by atomic mass is 16.3. The highest BCUT2D eigenvalue weighted by Crippen LogP contribution is 2.61. The van der Waals surface area contributed by atoms with Gasteiger partial charge >= 0.3 is 0 Å². The number of allylic oxidation sites excluding steroid dienone is 2. The molecule has 0 aromatic heterocycles. The van der Waals surface area contributed by atoms with Crippen molar-refractivity contribution in [2.75, 3.05) is 0 Å². The molecule has 0 bridgehead atoms. The number of Topliss-reactive ketones (excluding diaryl/α,β-unsaturated/α-hetero) is 1. The topological polar surface area (TPSA) is 54.4 Å². The Bertz CT molecular complexity index is 587. The van der Waals surface area contributed by atoms with Crippen molar-refractivity contribution >= 4 is 11.6 Å². The van der Waals surface area contributed by atoms with E-state index in [9.17, 15) is 14.7 Å². The summed E-state index contributed by atoms with van der Waals surface area (Å²) in [7, 11) is 0. The number of ketones is 2. The van der Waals surface area contributed by atoms with Crippen molar-refractivity contribution in [1.29, 1.82) is 0 Å². The van der Waals surface area contributed by atoms with Gasteiger partial charge in [-0.3, -0.25) is 9.59 Å². The zero-order chi connectivity index (χ0) is 14.8. The molecule has 3 heteroatoms. The molecule has 3 fully saturated rings. The van der Waals surface area contributed by atoms with Gasteiger partial charge in [0.2, 0.25) is 0 Å². The van der Waals surface area contributed by atoms with E-state index in [2.05, 4.69) is 6.92 Å². The number of carbonyl (C=O) groups is 2. The van der Waals surface area contributed by atoms with Gasteiger partial charge in [-0.1, -0.05) is 13.3 Å². The molecule has 0 aliphatic heterocycles. The fourth-order valence-corrected chi connectivity index (χ4v) is 5.58. The maximum Gasteiger partial charge on any atom is 0.178 e. The first-order valence-corrected chi connectivity index (χ1v) is 8.13. The molecule has 5 atom stereocenters. The third kappa shape index (κ3) is 1.70. The largest absolute Gasteiger partial charge is 0.381 e. The molecule has 4 rings (SSSR count). The predicted octanol–water partition coefficient (Wildman–Crippen LogP) is 2.59. The van der Waals surface area contributed by atoms with E-state index in [4.69, 9.17) is 0 Å². The Morgan fingerprint density at radius 1 is 1.19 bits per heavy atom. The van der Waals surface area contributed by atoms with Crippen molar-refractivity contribution in [2.45, 2.75) is 51.0 Å². The average Bonchev–Trinajstić information content (AvgIpc) is 2.82. The Morgan fingerprint density at radius 2 is 2.00 bits per heavy atom. The van der Waals surface area contributed by atoms with Gasteiger partial charge in [0, 0.05) is 18.3 Å². The predicted molar refractivity (Wildman–Crippen MR) is 78.5 cm³/mol. The normalized spacial score (nSPS) is 48.5. The number of carbonyl (C=O) groups excluding carboxylic acids is 2. The second kappa shape index (κ2) is 4.16. The van der Waals surface area contributed by atoms with E-state index in [1.807, 2.05) is 0 Å². The van der Waals surface area contributed by atoms with Crippen LogP contribution in [0.5, 0.6) is 0 Å². The molecule has 0 amide bonds. The number of aliphatic hydroxyl groups is 1. The second-order valence-corrected chi connectivity index (χ2v) is 7.70. The molecule has 0 spiro atoms. The summed E-state index contributed by atoms with van der Waals surface area (Å²) in [6, 6.07) is 0. The van der Waals surface area contributed by atoms with E-state index >= 15 is 0 Å². The number of fused-ring (bicyclic) bond motifs is 5. The van der Waals surface area contributed by atoms with Crippen LogP contribution in [0.2, 0.25) is 0 Å². The van der Waals surface area contributed by atoms with Crippen molar-refractivity contribution in [1.82, 2.24) is 0 Å². The molecular weight excluding hydrogens is 264 g/mol. The van der Waals surface area contributed by atoms with Crippen LogP contribution in [0.15, 0.2) is 23.8 Å². The SMILES string of the molecule is C[C@@]12CCC[C@H]1[C@@H]1C(=O)CC3=CC(=O)C=C[C@]3(O)[C@H]1CC2. The molecule has 21 heavy (non-hydrogen) atoms. The Morgan fingerprint density at radius 3 is 2.81 bits per heavy atom. The van der Waals surface area contributed by atoms with Crippen LogP contribution in [0.4, 0.5) is 0 Å². The first-order valence-electron chi connectivity index (χ1n) is 8.13. The van der Waals surface area contributed by atoms with Crippen molar-refractivity contribution in [3.63, 3.8) is 0 Å². The number of rotatable bonds is 0. The van der Waals surface area contributed by atoms with Crippen LogP contribution in [-0.2, 0) is 9.59 Å². The summed E-state index contributed by atoms with van der Waals surface area (Å²) >= 11 is 0. The van der Waals surface area contributed by atoms with E-state index < -0.39 is 5.60 Å². The summed E-state index contributed by atoms with van der Waals surface area (Å²) in [5.41, 5.74) is -0.151. The molecule has 4 aliphatic rings. The highest BCUT2D eigenvalue weighted by Gasteiger charge is 2.59. The first-order chi connectivity index (χ1) is 9.94. The van der Waals surface area contributed by atoms with Crippen LogP contribution in [0.3, 0.4) is 0 Å². The summed E-state index contributed by atoms with van der Waals surface area (Å²) in [5.74, 6) is 0.497. The van der Waals surface area contributed by atoms with Gasteiger partial charge in [0.15, 0.2) is 5.78 Å². The summed E-state index contributed by atoms with van der Waals surface area (Å²) in [6.45, 7) is 2.32. The Labute approximate surface area is 125 Å². The van der Waals surface area contributed by atoms with Gasteiger partial charge in [-0.15, -0.1) is 0 Å². The third-order valence-electron chi connectivity index (χ3n) is 6.69. The molecule has 1 N–H and O–H groups in total. The smallest absolute Gasteiger partial charge is 0.178 e. The van der Waals surface area contributed by atoms with Gasteiger partial charge in [-0.2, -0.15) is 0 Å². The lowest BCUT2D eigenvalue weighted by atomic mass is 9.51. The van der Waals surface area contributed by atoms with E-state index in [1.54, 1.807) is 6.08 Å². The van der Waals surface area contributed by atoms with Gasteiger partial charge < -0.3 is 5.11 Å². The summed E-state index contributed by atoms with van der Waals surface area (Å²) in [4.78, 5) is 24.3. The lowest BCUT2D eigenvalue weighted by Crippen LogP contribution is -2.56. The van der Waals surface area contributed by atoms with Crippen molar-refractivity contribution in [3.8, 4) is 0 Å². The van der Waals surface area contributed by atoms with E-state index in [0.717, 1.165) is 19.3 Å². The maximum atomic E-state index is 12.7. The molecule has 0 aromatic carbocycles. The summed E-state index contributed by atoms with van der Waals surface area (Å²) in [5, 5.41) is 11.2. The monoisotopic (exact) mass is 286 g/mol. The molecule has 0 radical (unpaired) electrons. The molecule has 0 heterocycles. The lowest BCUT2D eigenvalue weighted by molar-refractivity contribution is -0.142. The van der Waals surface area contributed by atoms with Crippen LogP contribution in [0.25, 0.3) is 0 Å². The van der Waals surface area contributed by atoms with Gasteiger partial charge in [0.25, 0.3) is 0 Å². The number of hydrogen-bond acceptors (Lipinski definition) is 3. The van der Waals surface area contributed by atoms with Crippen LogP contribution < -0.4 is 0 Å². The average molecular weight is 286 g/mol. The van der Waals surface area contributed by atoms with Crippen molar-refractivity contribution in [3.05, 3.63) is 23.8 Å². The molecule has 0 saturated heterocycles. The van der Waals surface area contributed by atoms with Crippen LogP contribution in [0, 0.1) is 23.2 Å². The van der Waals surface area contributed by atoms with Crippen molar-refractivity contribution < 1.29 is 14.7 Å². The molecular formula is C18H22O3. The first kappa shape index (κ1) is 13.4. The Balaban J connectivity index is 1.77. The lowest BCUT2D eigenvalue weighted by Gasteiger charge is -2.54. The minimum Gasteiger partial charge on any atom is -0.381 e. The molecule has 112 valence electrons. The molecule has 3 nitrogen and oxygen atoms in total. The minimum atomic E-state index is -1.06. The van der Waals surface area contributed by atoms with Gasteiger partial charge in [0.1, 0.15) is 11.4 Å². The zero-order valence-electron chi connectivity index (χ0n) is 12.5. The molecule has 0 unspecified atom stereocenters. The van der Waals surface area contributed by atoms with E-state index in [-0.39, 0.29) is 35.2 Å². The van der Waals surface area contributed by atoms with E-state index in [1.165, 1.54) is 25.0 Å². The standard InChI is InChI=1S/C18H22O3/c1-17-6-2-3-13(17)16-14(5-7-17)18(21)8-4-12(19)9-11(18)10-15(16)20/h4,8-9,13-14,16,21H,2-3,5-7,10H2,1H3/t13-,14-,16-,17-,18+/m0/s1. The highest BCUT2D eigenvalue weighted by molar-refractivity contribution is 6.03. The zero-order valence-corrected chi connectivity index (χ0v) is 12.5. The molecule has 0 aromatic rings. The summed E-state index contributed by atoms with van der Waals surface area (Å²) in [6.07, 6.45) is 10.4. The fourth-order valence-electron chi connectivity index (χ4n) is 5.58. The Hall–Kier alpha value is -1.22.